The lowest BCUT2D eigenvalue weighted by molar-refractivity contribution is -0.228. The van der Waals surface area contributed by atoms with Crippen LogP contribution in [0.1, 0.15) is 77.2 Å². The molecule has 10 nitrogen and oxygen atoms in total. The molecule has 10 heteroatoms. The smallest absolute Gasteiger partial charge is 0.178 e. The standard InChI is InChI=1S/C19H30N8O2.C2H6/c1-10(2)13(17-23-25-26(7)24-17)8-14(29-19(5,6)28)27-9-21-16-15(20)11(3)12(4)22-18(16)27;1-2/h9-10,13-14,28H,8H2,1-7H3,(H2,20,22);1-2H3/t13?,14-;/m1./s1. The molecule has 1 unspecified atom stereocenters. The Morgan fingerprint density at radius 3 is 2.39 bits per heavy atom. The Morgan fingerprint density at radius 1 is 1.23 bits per heavy atom. The summed E-state index contributed by atoms with van der Waals surface area (Å²) in [6, 6.07) is 0. The van der Waals surface area contributed by atoms with Crippen molar-refractivity contribution in [2.45, 2.75) is 79.7 Å². The van der Waals surface area contributed by atoms with Gasteiger partial charge in [-0.15, -0.1) is 10.2 Å². The molecular formula is C21H36N8O2. The maximum Gasteiger partial charge on any atom is 0.178 e. The lowest BCUT2D eigenvalue weighted by Gasteiger charge is -2.30. The number of rotatable bonds is 7. The second kappa shape index (κ2) is 9.69. The van der Waals surface area contributed by atoms with Gasteiger partial charge >= 0.3 is 0 Å². The Morgan fingerprint density at radius 2 is 1.87 bits per heavy atom. The molecule has 0 amide bonds. The zero-order chi connectivity index (χ0) is 23.5. The summed E-state index contributed by atoms with van der Waals surface area (Å²) in [5.74, 6) is -0.541. The van der Waals surface area contributed by atoms with Crippen molar-refractivity contribution in [1.82, 2.24) is 34.7 Å². The molecule has 0 spiro atoms. The molecule has 0 aromatic carbocycles. The highest BCUT2D eigenvalue weighted by atomic mass is 16.6. The maximum absolute atomic E-state index is 10.4. The Kier molecular flexibility index (Phi) is 7.72. The SMILES string of the molecule is CC.Cc1nc2c(ncn2[C@@H](CC(c2nnn(C)n2)C(C)C)OC(C)(C)O)c(N)c1C. The van der Waals surface area contributed by atoms with E-state index in [4.69, 9.17) is 10.5 Å². The van der Waals surface area contributed by atoms with Crippen molar-refractivity contribution in [3.8, 4) is 0 Å². The fraction of sp³-hybridized carbons (Fsp3) is 0.667. The van der Waals surface area contributed by atoms with Crippen molar-refractivity contribution in [3.05, 3.63) is 23.4 Å². The van der Waals surface area contributed by atoms with Crippen LogP contribution in [0.4, 0.5) is 5.69 Å². The molecule has 0 saturated heterocycles. The number of pyridine rings is 1. The number of aliphatic hydroxyl groups is 1. The number of ether oxygens (including phenoxy) is 1. The average molecular weight is 433 g/mol. The quantitative estimate of drug-likeness (QED) is 0.544. The molecule has 0 saturated carbocycles. The van der Waals surface area contributed by atoms with Crippen LogP contribution >= 0.6 is 0 Å². The average Bonchev–Trinajstić information content (AvgIpc) is 3.30. The van der Waals surface area contributed by atoms with Gasteiger partial charge in [-0.25, -0.2) is 9.97 Å². The van der Waals surface area contributed by atoms with E-state index in [0.29, 0.717) is 29.1 Å². The number of nitrogens with zero attached hydrogens (tertiary/aromatic N) is 7. The highest BCUT2D eigenvalue weighted by Gasteiger charge is 2.31. The zero-order valence-electron chi connectivity index (χ0n) is 20.1. The van der Waals surface area contributed by atoms with E-state index in [1.165, 1.54) is 4.80 Å². The van der Waals surface area contributed by atoms with Crippen LogP contribution in [-0.2, 0) is 11.8 Å². The number of hydrogen-bond donors (Lipinski definition) is 2. The van der Waals surface area contributed by atoms with Crippen LogP contribution < -0.4 is 5.73 Å². The largest absolute Gasteiger partial charge is 0.397 e. The summed E-state index contributed by atoms with van der Waals surface area (Å²) in [5.41, 5.74) is 9.85. The summed E-state index contributed by atoms with van der Waals surface area (Å²) in [6.45, 7) is 15.2. The second-order valence-electron chi connectivity index (χ2n) is 8.30. The predicted octanol–water partition coefficient (Wildman–Crippen LogP) is 3.25. The number of aromatic nitrogens is 7. The van der Waals surface area contributed by atoms with Crippen LogP contribution in [-0.4, -0.2) is 45.6 Å². The van der Waals surface area contributed by atoms with Crippen molar-refractivity contribution < 1.29 is 9.84 Å². The highest BCUT2D eigenvalue weighted by molar-refractivity contribution is 5.86. The highest BCUT2D eigenvalue weighted by Crippen LogP contribution is 2.35. The summed E-state index contributed by atoms with van der Waals surface area (Å²) in [4.78, 5) is 10.6. The predicted molar refractivity (Wildman–Crippen MR) is 120 cm³/mol. The van der Waals surface area contributed by atoms with Crippen LogP contribution in [0.25, 0.3) is 11.2 Å². The molecule has 3 heterocycles. The van der Waals surface area contributed by atoms with Gasteiger partial charge in [-0.2, -0.15) is 4.80 Å². The van der Waals surface area contributed by atoms with Gasteiger partial charge in [0.05, 0.1) is 19.1 Å². The van der Waals surface area contributed by atoms with E-state index in [0.717, 1.165) is 11.3 Å². The van der Waals surface area contributed by atoms with Crippen molar-refractivity contribution in [2.24, 2.45) is 13.0 Å². The molecule has 3 aromatic heterocycles. The molecule has 0 bridgehead atoms. The first-order valence-electron chi connectivity index (χ1n) is 10.7. The van der Waals surface area contributed by atoms with E-state index in [1.54, 1.807) is 27.2 Å². The second-order valence-corrected chi connectivity index (χ2v) is 8.30. The molecule has 2 atom stereocenters. The fourth-order valence-corrected chi connectivity index (χ4v) is 3.37. The monoisotopic (exact) mass is 432 g/mol. The van der Waals surface area contributed by atoms with E-state index in [9.17, 15) is 5.11 Å². The third kappa shape index (κ3) is 5.56. The number of fused-ring (bicyclic) bond motifs is 1. The summed E-state index contributed by atoms with van der Waals surface area (Å²) >= 11 is 0. The van der Waals surface area contributed by atoms with Gasteiger partial charge in [-0.3, -0.25) is 4.57 Å². The molecule has 172 valence electrons. The first kappa shape index (κ1) is 24.7. The van der Waals surface area contributed by atoms with Crippen molar-refractivity contribution in [3.63, 3.8) is 0 Å². The van der Waals surface area contributed by atoms with E-state index < -0.39 is 12.0 Å². The molecule has 3 N–H and O–H groups in total. The van der Waals surface area contributed by atoms with Crippen LogP contribution in [0.3, 0.4) is 0 Å². The number of nitrogens with two attached hydrogens (primary N) is 1. The minimum Gasteiger partial charge on any atom is -0.397 e. The van der Waals surface area contributed by atoms with Crippen LogP contribution in [0.15, 0.2) is 6.33 Å². The normalized spacial score (nSPS) is 13.9. The first-order valence-corrected chi connectivity index (χ1v) is 10.7. The van der Waals surface area contributed by atoms with Gasteiger partial charge < -0.3 is 15.6 Å². The first-order chi connectivity index (χ1) is 14.5. The van der Waals surface area contributed by atoms with Gasteiger partial charge in [0.25, 0.3) is 0 Å². The topological polar surface area (TPSA) is 130 Å². The Bertz CT molecular complexity index is 1000. The number of nitrogen functional groups attached to an aromatic ring is 1. The number of anilines is 1. The van der Waals surface area contributed by atoms with Gasteiger partial charge in [0, 0.05) is 18.0 Å². The minimum absolute atomic E-state index is 0.0441. The number of hydrogen-bond acceptors (Lipinski definition) is 8. The number of imidazole rings is 1. The molecule has 0 fully saturated rings. The van der Waals surface area contributed by atoms with Gasteiger partial charge in [0.2, 0.25) is 0 Å². The Balaban J connectivity index is 0.00000166. The maximum atomic E-state index is 10.4. The van der Waals surface area contributed by atoms with E-state index in [-0.39, 0.29) is 11.8 Å². The third-order valence-corrected chi connectivity index (χ3v) is 5.09. The Labute approximate surface area is 183 Å². The minimum atomic E-state index is -1.36. The van der Waals surface area contributed by atoms with Gasteiger partial charge in [-0.05, 0) is 44.4 Å². The van der Waals surface area contributed by atoms with Gasteiger partial charge in [-0.1, -0.05) is 27.7 Å². The van der Waals surface area contributed by atoms with Gasteiger partial charge in [0.15, 0.2) is 17.3 Å². The van der Waals surface area contributed by atoms with Crippen LogP contribution in [0, 0.1) is 19.8 Å². The molecule has 3 aromatic rings. The van der Waals surface area contributed by atoms with Crippen LogP contribution in [0.2, 0.25) is 0 Å². The van der Waals surface area contributed by atoms with Crippen LogP contribution in [0.5, 0.6) is 0 Å². The molecule has 0 radical (unpaired) electrons. The van der Waals surface area contributed by atoms with E-state index in [2.05, 4.69) is 39.2 Å². The summed E-state index contributed by atoms with van der Waals surface area (Å²) in [6.07, 6.45) is 1.61. The summed E-state index contributed by atoms with van der Waals surface area (Å²) < 4.78 is 7.85. The number of aryl methyl sites for hydroxylation is 2. The molecule has 0 aliphatic heterocycles. The van der Waals surface area contributed by atoms with E-state index in [1.807, 2.05) is 32.3 Å². The lowest BCUT2D eigenvalue weighted by Crippen LogP contribution is -2.30. The summed E-state index contributed by atoms with van der Waals surface area (Å²) in [5, 5.41) is 22.9. The molecule has 0 aliphatic rings. The Hall–Kier alpha value is -2.59. The lowest BCUT2D eigenvalue weighted by atomic mass is 9.91. The van der Waals surface area contributed by atoms with Crippen molar-refractivity contribution in [1.29, 1.82) is 0 Å². The zero-order valence-corrected chi connectivity index (χ0v) is 20.1. The number of tetrazole rings is 1. The fourth-order valence-electron chi connectivity index (χ4n) is 3.37. The van der Waals surface area contributed by atoms with Crippen molar-refractivity contribution >= 4 is 16.9 Å². The molecule has 3 rings (SSSR count). The molecular weight excluding hydrogens is 396 g/mol. The molecule has 0 aliphatic carbocycles. The van der Waals surface area contributed by atoms with Crippen molar-refractivity contribution in [2.75, 3.05) is 5.73 Å². The van der Waals surface area contributed by atoms with Gasteiger partial charge in [0.1, 0.15) is 11.7 Å². The van der Waals surface area contributed by atoms with E-state index >= 15 is 0 Å². The third-order valence-electron chi connectivity index (χ3n) is 5.09. The molecule has 31 heavy (non-hydrogen) atoms. The summed E-state index contributed by atoms with van der Waals surface area (Å²) in [7, 11) is 1.74.